The molecule has 0 aromatic heterocycles. The van der Waals surface area contributed by atoms with Gasteiger partial charge in [0.2, 0.25) is 0 Å². The molecule has 0 aromatic carbocycles. The van der Waals surface area contributed by atoms with Crippen LogP contribution in [0.5, 0.6) is 0 Å². The second kappa shape index (κ2) is 4.69. The average Bonchev–Trinajstić information content (AvgIpc) is 1.85. The number of hydrogen-bond acceptors (Lipinski definition) is 2. The SMILES string of the molecule is CC[C@@H](O)[C@@H](C)CN(C)C. The lowest BCUT2D eigenvalue weighted by Crippen LogP contribution is -2.28. The summed E-state index contributed by atoms with van der Waals surface area (Å²) in [5.41, 5.74) is 0. The summed E-state index contributed by atoms with van der Waals surface area (Å²) in [5, 5.41) is 9.35. The molecule has 2 nitrogen and oxygen atoms in total. The topological polar surface area (TPSA) is 23.5 Å². The van der Waals surface area contributed by atoms with E-state index in [0.29, 0.717) is 5.92 Å². The van der Waals surface area contributed by atoms with Crippen LogP contribution >= 0.6 is 0 Å². The highest BCUT2D eigenvalue weighted by atomic mass is 16.3. The van der Waals surface area contributed by atoms with Gasteiger partial charge in [-0.25, -0.2) is 0 Å². The van der Waals surface area contributed by atoms with Gasteiger partial charge in [-0.2, -0.15) is 0 Å². The standard InChI is InChI=1S/C8H19NO/c1-5-8(10)7(2)6-9(3)4/h7-8,10H,5-6H2,1-4H3/t7-,8+/m0/s1. The molecule has 0 unspecified atom stereocenters. The van der Waals surface area contributed by atoms with Gasteiger partial charge >= 0.3 is 0 Å². The van der Waals surface area contributed by atoms with E-state index in [1.165, 1.54) is 0 Å². The molecule has 0 aromatic rings. The van der Waals surface area contributed by atoms with Crippen molar-refractivity contribution in [2.24, 2.45) is 5.92 Å². The summed E-state index contributed by atoms with van der Waals surface area (Å²) in [6.07, 6.45) is 0.719. The lowest BCUT2D eigenvalue weighted by atomic mass is 10.0. The monoisotopic (exact) mass is 145 g/mol. The van der Waals surface area contributed by atoms with Crippen molar-refractivity contribution < 1.29 is 5.11 Å². The van der Waals surface area contributed by atoms with E-state index in [1.54, 1.807) is 0 Å². The Kier molecular flexibility index (Phi) is 4.65. The summed E-state index contributed by atoms with van der Waals surface area (Å²) in [7, 11) is 4.05. The van der Waals surface area contributed by atoms with Gasteiger partial charge in [0.25, 0.3) is 0 Å². The predicted molar refractivity (Wildman–Crippen MR) is 44.0 cm³/mol. The Labute approximate surface area is 63.8 Å². The van der Waals surface area contributed by atoms with Crippen molar-refractivity contribution in [1.29, 1.82) is 0 Å². The first kappa shape index (κ1) is 9.92. The molecule has 0 spiro atoms. The van der Waals surface area contributed by atoms with Crippen molar-refractivity contribution >= 4 is 0 Å². The minimum absolute atomic E-state index is 0.137. The Morgan fingerprint density at radius 1 is 1.40 bits per heavy atom. The van der Waals surface area contributed by atoms with Gasteiger partial charge < -0.3 is 10.0 Å². The Hall–Kier alpha value is -0.0800. The van der Waals surface area contributed by atoms with E-state index < -0.39 is 0 Å². The van der Waals surface area contributed by atoms with Crippen LogP contribution in [-0.4, -0.2) is 36.8 Å². The molecule has 0 aliphatic carbocycles. The van der Waals surface area contributed by atoms with Gasteiger partial charge in [0.15, 0.2) is 0 Å². The van der Waals surface area contributed by atoms with Crippen molar-refractivity contribution in [3.63, 3.8) is 0 Å². The highest BCUT2D eigenvalue weighted by Gasteiger charge is 2.11. The molecule has 1 N–H and O–H groups in total. The Bertz CT molecular complexity index is 83.3. The lowest BCUT2D eigenvalue weighted by molar-refractivity contribution is 0.0964. The van der Waals surface area contributed by atoms with Crippen LogP contribution in [0.25, 0.3) is 0 Å². The number of nitrogens with zero attached hydrogens (tertiary/aromatic N) is 1. The van der Waals surface area contributed by atoms with Crippen molar-refractivity contribution in [3.8, 4) is 0 Å². The molecule has 62 valence electrons. The lowest BCUT2D eigenvalue weighted by Gasteiger charge is -2.20. The van der Waals surface area contributed by atoms with Crippen LogP contribution in [0.3, 0.4) is 0 Å². The summed E-state index contributed by atoms with van der Waals surface area (Å²) in [6, 6.07) is 0. The third-order valence-electron chi connectivity index (χ3n) is 1.73. The summed E-state index contributed by atoms with van der Waals surface area (Å²) in [4.78, 5) is 2.10. The van der Waals surface area contributed by atoms with Crippen molar-refractivity contribution in [1.82, 2.24) is 4.90 Å². The molecule has 0 heterocycles. The second-order valence-corrected chi connectivity index (χ2v) is 3.22. The smallest absolute Gasteiger partial charge is 0.0575 e. The van der Waals surface area contributed by atoms with Gasteiger partial charge in [0.1, 0.15) is 0 Å². The zero-order valence-electron chi connectivity index (χ0n) is 7.46. The van der Waals surface area contributed by atoms with Crippen molar-refractivity contribution in [2.75, 3.05) is 20.6 Å². The summed E-state index contributed by atoms with van der Waals surface area (Å²) < 4.78 is 0. The number of hydrogen-bond donors (Lipinski definition) is 1. The van der Waals surface area contributed by atoms with E-state index in [4.69, 9.17) is 0 Å². The van der Waals surface area contributed by atoms with Gasteiger partial charge in [0.05, 0.1) is 6.10 Å². The average molecular weight is 145 g/mol. The molecule has 0 aliphatic rings. The first-order chi connectivity index (χ1) is 4.57. The molecule has 0 saturated carbocycles. The highest BCUT2D eigenvalue weighted by Crippen LogP contribution is 2.06. The molecule has 0 aliphatic heterocycles. The fraction of sp³-hybridized carbons (Fsp3) is 1.00. The zero-order chi connectivity index (χ0) is 8.15. The molecule has 2 atom stereocenters. The van der Waals surface area contributed by atoms with Crippen LogP contribution in [-0.2, 0) is 0 Å². The van der Waals surface area contributed by atoms with Gasteiger partial charge in [-0.3, -0.25) is 0 Å². The summed E-state index contributed by atoms with van der Waals surface area (Å²) >= 11 is 0. The fourth-order valence-electron chi connectivity index (χ4n) is 1.10. The van der Waals surface area contributed by atoms with Gasteiger partial charge in [-0.1, -0.05) is 13.8 Å². The third-order valence-corrected chi connectivity index (χ3v) is 1.73. The van der Waals surface area contributed by atoms with E-state index in [2.05, 4.69) is 11.8 Å². The van der Waals surface area contributed by atoms with Crippen LogP contribution in [0.2, 0.25) is 0 Å². The summed E-state index contributed by atoms with van der Waals surface area (Å²) in [6.45, 7) is 5.06. The van der Waals surface area contributed by atoms with Gasteiger partial charge in [0, 0.05) is 6.54 Å². The molecular weight excluding hydrogens is 126 g/mol. The second-order valence-electron chi connectivity index (χ2n) is 3.22. The molecular formula is C8H19NO. The summed E-state index contributed by atoms with van der Waals surface area (Å²) in [5.74, 6) is 0.389. The molecule has 0 fully saturated rings. The van der Waals surface area contributed by atoms with Gasteiger partial charge in [-0.05, 0) is 26.4 Å². The molecule has 0 radical (unpaired) electrons. The van der Waals surface area contributed by atoms with Crippen molar-refractivity contribution in [2.45, 2.75) is 26.4 Å². The molecule has 0 saturated heterocycles. The van der Waals surface area contributed by atoms with Crippen molar-refractivity contribution in [3.05, 3.63) is 0 Å². The third kappa shape index (κ3) is 3.85. The maximum absolute atomic E-state index is 9.35. The molecule has 0 bridgehead atoms. The van der Waals surface area contributed by atoms with Crippen LogP contribution < -0.4 is 0 Å². The fourth-order valence-corrected chi connectivity index (χ4v) is 1.10. The van der Waals surface area contributed by atoms with E-state index in [9.17, 15) is 5.11 Å². The molecule has 0 amide bonds. The Morgan fingerprint density at radius 3 is 2.20 bits per heavy atom. The number of aliphatic hydroxyl groups excluding tert-OH is 1. The van der Waals surface area contributed by atoms with Crippen LogP contribution in [0, 0.1) is 5.92 Å². The maximum atomic E-state index is 9.35. The van der Waals surface area contributed by atoms with Crippen LogP contribution in [0.4, 0.5) is 0 Å². The van der Waals surface area contributed by atoms with Crippen LogP contribution in [0.1, 0.15) is 20.3 Å². The normalized spacial score (nSPS) is 17.4. The Balaban J connectivity index is 3.50. The largest absolute Gasteiger partial charge is 0.393 e. The molecule has 2 heteroatoms. The van der Waals surface area contributed by atoms with E-state index in [-0.39, 0.29) is 6.10 Å². The minimum atomic E-state index is -0.137. The molecule has 10 heavy (non-hydrogen) atoms. The highest BCUT2D eigenvalue weighted by molar-refractivity contribution is 4.64. The zero-order valence-corrected chi connectivity index (χ0v) is 7.46. The Morgan fingerprint density at radius 2 is 1.90 bits per heavy atom. The maximum Gasteiger partial charge on any atom is 0.0575 e. The number of rotatable bonds is 4. The number of aliphatic hydroxyl groups is 1. The van der Waals surface area contributed by atoms with Gasteiger partial charge in [-0.15, -0.1) is 0 Å². The van der Waals surface area contributed by atoms with E-state index in [0.717, 1.165) is 13.0 Å². The minimum Gasteiger partial charge on any atom is -0.393 e. The van der Waals surface area contributed by atoms with Crippen LogP contribution in [0.15, 0.2) is 0 Å². The van der Waals surface area contributed by atoms with E-state index >= 15 is 0 Å². The predicted octanol–water partition coefficient (Wildman–Crippen LogP) is 0.955. The first-order valence-electron chi connectivity index (χ1n) is 3.90. The first-order valence-corrected chi connectivity index (χ1v) is 3.90. The molecule has 0 rings (SSSR count). The van der Waals surface area contributed by atoms with E-state index in [1.807, 2.05) is 21.0 Å². The quantitative estimate of drug-likeness (QED) is 0.637.